The fourth-order valence-corrected chi connectivity index (χ4v) is 4.64. The van der Waals surface area contributed by atoms with Crippen molar-refractivity contribution in [2.45, 2.75) is 13.0 Å². The molecule has 0 amide bonds. The lowest BCUT2D eigenvalue weighted by atomic mass is 10.1. The second kappa shape index (κ2) is 7.04. The average molecular weight is 437 g/mol. The number of hydrogen-bond donors (Lipinski definition) is 1. The molecule has 0 aromatic carbocycles. The molecule has 0 saturated carbocycles. The van der Waals surface area contributed by atoms with E-state index in [1.54, 1.807) is 18.3 Å². The summed E-state index contributed by atoms with van der Waals surface area (Å²) in [5.74, 6) is 0.963. The summed E-state index contributed by atoms with van der Waals surface area (Å²) in [6.45, 7) is 3.75. The molecular weight excluding hydrogens is 418 g/mol. The first-order valence-electron chi connectivity index (χ1n) is 9.69. The van der Waals surface area contributed by atoms with Crippen molar-refractivity contribution in [2.75, 3.05) is 30.9 Å². The van der Waals surface area contributed by atoms with E-state index in [9.17, 15) is 13.7 Å². The first kappa shape index (κ1) is 19.5. The van der Waals surface area contributed by atoms with Gasteiger partial charge in [0.1, 0.15) is 23.2 Å². The van der Waals surface area contributed by atoms with Crippen LogP contribution >= 0.6 is 0 Å². The third-order valence-electron chi connectivity index (χ3n) is 5.37. The van der Waals surface area contributed by atoms with Gasteiger partial charge in [-0.1, -0.05) is 0 Å². The van der Waals surface area contributed by atoms with Crippen LogP contribution in [0.2, 0.25) is 0 Å². The molecule has 0 bridgehead atoms. The van der Waals surface area contributed by atoms with Crippen molar-refractivity contribution in [2.24, 2.45) is 0 Å². The number of aromatic amines is 1. The highest BCUT2D eigenvalue weighted by Gasteiger charge is 2.26. The number of nitrogens with one attached hydrogen (secondary N) is 1. The lowest BCUT2D eigenvalue weighted by Gasteiger charge is -2.34. The number of H-pyrrole nitrogens is 1. The minimum atomic E-state index is -3.58. The summed E-state index contributed by atoms with van der Waals surface area (Å²) in [5, 5.41) is 10.8. The van der Waals surface area contributed by atoms with E-state index in [4.69, 9.17) is 9.72 Å². The molecular formula is C20H19N7O3S. The van der Waals surface area contributed by atoms with Gasteiger partial charge in [0.15, 0.2) is 11.5 Å². The second-order valence-electron chi connectivity index (χ2n) is 7.51. The Bertz CT molecular complexity index is 1470. The SMILES string of the molecule is C[C@@H]1COCCN1c1nc(-c2cc(C#N)nc3[nH]ccc23)nc2c1ccn2S(C)(=O)=O. The third kappa shape index (κ3) is 3.20. The van der Waals surface area contributed by atoms with Crippen molar-refractivity contribution < 1.29 is 13.2 Å². The standard InChI is InChI=1S/C20H19N7O3S/c1-12-11-30-8-7-26(12)19-15-4-6-27(31(2,28)29)20(15)25-18(24-19)16-9-13(10-21)23-17-14(16)3-5-22-17/h3-6,9,12H,7-8,11H2,1-2H3,(H,22,23)/t12-/m1/s1. The molecule has 1 aliphatic heterocycles. The maximum Gasteiger partial charge on any atom is 0.237 e. The van der Waals surface area contributed by atoms with Crippen molar-refractivity contribution in [3.63, 3.8) is 0 Å². The molecule has 5 rings (SSSR count). The molecule has 11 heteroatoms. The van der Waals surface area contributed by atoms with Crippen LogP contribution in [0.15, 0.2) is 30.6 Å². The van der Waals surface area contributed by atoms with E-state index >= 15 is 0 Å². The van der Waals surface area contributed by atoms with Gasteiger partial charge >= 0.3 is 0 Å². The maximum atomic E-state index is 12.4. The minimum Gasteiger partial charge on any atom is -0.377 e. The number of nitriles is 1. The lowest BCUT2D eigenvalue weighted by Crippen LogP contribution is -2.44. The van der Waals surface area contributed by atoms with Crippen LogP contribution in [0.25, 0.3) is 33.5 Å². The molecule has 0 spiro atoms. The Morgan fingerprint density at radius 3 is 2.84 bits per heavy atom. The number of fused-ring (bicyclic) bond motifs is 2. The minimum absolute atomic E-state index is 0.0562. The topological polar surface area (TPSA) is 130 Å². The fourth-order valence-electron chi connectivity index (χ4n) is 3.90. The molecule has 0 aliphatic carbocycles. The van der Waals surface area contributed by atoms with Gasteiger partial charge in [0, 0.05) is 29.9 Å². The summed E-state index contributed by atoms with van der Waals surface area (Å²) >= 11 is 0. The summed E-state index contributed by atoms with van der Waals surface area (Å²) in [6.07, 6.45) is 4.35. The molecule has 0 radical (unpaired) electrons. The molecule has 1 N–H and O–H groups in total. The highest BCUT2D eigenvalue weighted by atomic mass is 32.2. The van der Waals surface area contributed by atoms with Gasteiger partial charge in [-0.15, -0.1) is 0 Å². The number of aromatic nitrogens is 5. The Hall–Kier alpha value is -3.49. The molecule has 31 heavy (non-hydrogen) atoms. The molecule has 0 unspecified atom stereocenters. The van der Waals surface area contributed by atoms with Gasteiger partial charge in [0.25, 0.3) is 0 Å². The molecule has 1 fully saturated rings. The summed E-state index contributed by atoms with van der Waals surface area (Å²) in [5.41, 5.74) is 1.65. The molecule has 10 nitrogen and oxygen atoms in total. The zero-order valence-electron chi connectivity index (χ0n) is 16.9. The van der Waals surface area contributed by atoms with Crippen molar-refractivity contribution in [3.8, 4) is 17.5 Å². The van der Waals surface area contributed by atoms with Crippen LogP contribution in [0.3, 0.4) is 0 Å². The number of rotatable bonds is 3. The molecule has 4 aromatic heterocycles. The summed E-state index contributed by atoms with van der Waals surface area (Å²) < 4.78 is 31.5. The van der Waals surface area contributed by atoms with Gasteiger partial charge in [-0.3, -0.25) is 0 Å². The van der Waals surface area contributed by atoms with Crippen LogP contribution in [0.1, 0.15) is 12.6 Å². The van der Waals surface area contributed by atoms with Crippen molar-refractivity contribution in [3.05, 3.63) is 36.3 Å². The Morgan fingerprint density at radius 2 is 2.10 bits per heavy atom. The Labute approximate surface area is 178 Å². The molecule has 1 saturated heterocycles. The largest absolute Gasteiger partial charge is 0.377 e. The van der Waals surface area contributed by atoms with E-state index in [2.05, 4.69) is 25.9 Å². The smallest absolute Gasteiger partial charge is 0.237 e. The van der Waals surface area contributed by atoms with Crippen LogP contribution < -0.4 is 4.90 Å². The number of anilines is 1. The van der Waals surface area contributed by atoms with E-state index in [0.29, 0.717) is 53.6 Å². The summed E-state index contributed by atoms with van der Waals surface area (Å²) in [7, 11) is -3.58. The Kier molecular flexibility index (Phi) is 4.42. The van der Waals surface area contributed by atoms with Crippen molar-refractivity contribution in [1.29, 1.82) is 5.26 Å². The first-order chi connectivity index (χ1) is 14.9. The first-order valence-corrected chi connectivity index (χ1v) is 11.5. The summed E-state index contributed by atoms with van der Waals surface area (Å²) in [4.78, 5) is 18.9. The van der Waals surface area contributed by atoms with Crippen LogP contribution in [0.4, 0.5) is 5.82 Å². The number of pyridine rings is 1. The monoisotopic (exact) mass is 437 g/mol. The highest BCUT2D eigenvalue weighted by Crippen LogP contribution is 2.33. The van der Waals surface area contributed by atoms with Gasteiger partial charge in [0.05, 0.1) is 30.9 Å². The van der Waals surface area contributed by atoms with Gasteiger partial charge in [-0.05, 0) is 25.1 Å². The van der Waals surface area contributed by atoms with Gasteiger partial charge in [-0.2, -0.15) is 5.26 Å². The van der Waals surface area contributed by atoms with E-state index in [1.807, 2.05) is 13.0 Å². The molecule has 1 aliphatic rings. The number of hydrogen-bond acceptors (Lipinski definition) is 8. The predicted molar refractivity (Wildman–Crippen MR) is 115 cm³/mol. The zero-order chi connectivity index (χ0) is 21.8. The van der Waals surface area contributed by atoms with Crippen molar-refractivity contribution >= 4 is 37.9 Å². The van der Waals surface area contributed by atoms with Crippen molar-refractivity contribution in [1.82, 2.24) is 23.9 Å². The van der Waals surface area contributed by atoms with Crippen LogP contribution in [0.5, 0.6) is 0 Å². The average Bonchev–Trinajstić information content (AvgIpc) is 3.39. The third-order valence-corrected chi connectivity index (χ3v) is 6.38. The van der Waals surface area contributed by atoms with Gasteiger partial charge in [0.2, 0.25) is 10.0 Å². The van der Waals surface area contributed by atoms with Gasteiger partial charge < -0.3 is 14.6 Å². The molecule has 158 valence electrons. The maximum absolute atomic E-state index is 12.4. The zero-order valence-corrected chi connectivity index (χ0v) is 17.7. The van der Waals surface area contributed by atoms with E-state index < -0.39 is 10.0 Å². The number of nitrogens with zero attached hydrogens (tertiary/aromatic N) is 6. The van der Waals surface area contributed by atoms with Gasteiger partial charge in [-0.25, -0.2) is 27.3 Å². The van der Waals surface area contributed by atoms with Crippen LogP contribution in [-0.2, 0) is 14.8 Å². The lowest BCUT2D eigenvalue weighted by molar-refractivity contribution is 0.0987. The van der Waals surface area contributed by atoms with Crippen LogP contribution in [-0.4, -0.2) is 64.4 Å². The molecule has 1 atom stereocenters. The predicted octanol–water partition coefficient (Wildman–Crippen LogP) is 1.88. The van der Waals surface area contributed by atoms with E-state index in [0.717, 1.165) is 15.6 Å². The summed E-state index contributed by atoms with van der Waals surface area (Å²) in [6, 6.07) is 7.29. The van der Waals surface area contributed by atoms with Crippen LogP contribution in [0, 0.1) is 11.3 Å². The fraction of sp³-hybridized carbons (Fsp3) is 0.300. The molecule has 4 aromatic rings. The second-order valence-corrected chi connectivity index (χ2v) is 9.37. The number of morpholine rings is 1. The Morgan fingerprint density at radius 1 is 1.26 bits per heavy atom. The quantitative estimate of drug-likeness (QED) is 0.514. The van der Waals surface area contributed by atoms with E-state index in [-0.39, 0.29) is 11.7 Å². The number of ether oxygens (including phenoxy) is 1. The molecule has 5 heterocycles. The Balaban J connectivity index is 1.84. The highest BCUT2D eigenvalue weighted by molar-refractivity contribution is 7.89. The normalized spacial score (nSPS) is 17.3. The van der Waals surface area contributed by atoms with E-state index in [1.165, 1.54) is 6.20 Å².